The molecule has 0 bridgehead atoms. The van der Waals surface area contributed by atoms with Gasteiger partial charge in [-0.3, -0.25) is 14.8 Å². The number of carbonyl (C=O) groups is 2. The fraction of sp³-hybridized carbons (Fsp3) is 0.440. The quantitative estimate of drug-likeness (QED) is 0.359. The van der Waals surface area contributed by atoms with Gasteiger partial charge in [0.15, 0.2) is 0 Å². The van der Waals surface area contributed by atoms with Crippen LogP contribution in [0.2, 0.25) is 0 Å². The summed E-state index contributed by atoms with van der Waals surface area (Å²) in [5, 5.41) is 9.14. The van der Waals surface area contributed by atoms with Crippen LogP contribution >= 0.6 is 0 Å². The Labute approximate surface area is 199 Å². The van der Waals surface area contributed by atoms with E-state index in [1.54, 1.807) is 50.0 Å². The molecule has 0 aromatic heterocycles. The third kappa shape index (κ3) is 5.43. The van der Waals surface area contributed by atoms with Crippen LogP contribution in [0.15, 0.2) is 42.5 Å². The number of hydroxylamine groups is 1. The molecule has 2 aromatic rings. The topological polar surface area (TPSA) is 123 Å². The van der Waals surface area contributed by atoms with Gasteiger partial charge in [0.05, 0.1) is 14.2 Å². The molecule has 3 rings (SSSR count). The predicted molar refractivity (Wildman–Crippen MR) is 126 cm³/mol. The molecule has 2 amide bonds. The minimum absolute atomic E-state index is 0.156. The highest BCUT2D eigenvalue weighted by molar-refractivity contribution is 5.94. The number of nitrogens with zero attached hydrogens (tertiary/aromatic N) is 1. The first-order valence-electron chi connectivity index (χ1n) is 11.2. The summed E-state index contributed by atoms with van der Waals surface area (Å²) in [5.74, 6) is 1.18. The summed E-state index contributed by atoms with van der Waals surface area (Å²) in [7, 11) is 3.18. The number of methoxy groups -OCH3 is 2. The van der Waals surface area contributed by atoms with Crippen molar-refractivity contribution in [2.24, 2.45) is 11.7 Å². The lowest BCUT2D eigenvalue weighted by molar-refractivity contribution is -0.144. The number of carbonyl (C=O) groups excluding carboxylic acids is 2. The summed E-state index contributed by atoms with van der Waals surface area (Å²) in [6, 6.07) is 11.8. The van der Waals surface area contributed by atoms with Crippen LogP contribution in [0.3, 0.4) is 0 Å². The van der Waals surface area contributed by atoms with Gasteiger partial charge < -0.3 is 24.8 Å². The van der Waals surface area contributed by atoms with E-state index in [-0.39, 0.29) is 11.8 Å². The molecule has 2 unspecified atom stereocenters. The summed E-state index contributed by atoms with van der Waals surface area (Å²) in [6.07, 6.45) is 0.791. The Kier molecular flexibility index (Phi) is 8.01. The molecule has 0 spiro atoms. The van der Waals surface area contributed by atoms with E-state index in [1.807, 2.05) is 26.0 Å². The van der Waals surface area contributed by atoms with Gasteiger partial charge in [-0.25, -0.2) is 5.48 Å². The molecule has 2 atom stereocenters. The van der Waals surface area contributed by atoms with Crippen molar-refractivity contribution in [1.29, 1.82) is 0 Å². The molecule has 0 radical (unpaired) electrons. The number of hydrogen-bond donors (Lipinski definition) is 3. The molecule has 184 valence electrons. The second-order valence-electron chi connectivity index (χ2n) is 8.88. The van der Waals surface area contributed by atoms with Crippen LogP contribution in [-0.4, -0.2) is 48.7 Å². The lowest BCUT2D eigenvalue weighted by Gasteiger charge is -2.30. The summed E-state index contributed by atoms with van der Waals surface area (Å²) in [4.78, 5) is 26.9. The van der Waals surface area contributed by atoms with Crippen LogP contribution in [0.5, 0.6) is 17.2 Å². The van der Waals surface area contributed by atoms with Gasteiger partial charge in [-0.2, -0.15) is 0 Å². The normalized spacial score (nSPS) is 18.7. The zero-order chi connectivity index (χ0) is 24.9. The van der Waals surface area contributed by atoms with Gasteiger partial charge in [-0.15, -0.1) is 0 Å². The third-order valence-corrected chi connectivity index (χ3v) is 6.06. The lowest BCUT2D eigenvalue weighted by atomic mass is 9.89. The highest BCUT2D eigenvalue weighted by Gasteiger charge is 2.48. The van der Waals surface area contributed by atoms with E-state index < -0.39 is 17.5 Å². The zero-order valence-electron chi connectivity index (χ0n) is 20.0. The van der Waals surface area contributed by atoms with Crippen molar-refractivity contribution in [3.63, 3.8) is 0 Å². The Morgan fingerprint density at radius 2 is 1.74 bits per heavy atom. The van der Waals surface area contributed by atoms with E-state index in [1.165, 1.54) is 4.90 Å². The number of ether oxygens (including phenoxy) is 3. The molecule has 2 aromatic carbocycles. The molecule has 0 saturated carbocycles. The van der Waals surface area contributed by atoms with Crippen molar-refractivity contribution < 1.29 is 29.0 Å². The molecule has 1 fully saturated rings. The average molecular weight is 472 g/mol. The second kappa shape index (κ2) is 10.8. The smallest absolute Gasteiger partial charge is 0.266 e. The maximum atomic E-state index is 13.3. The van der Waals surface area contributed by atoms with Gasteiger partial charge in [-0.05, 0) is 54.2 Å². The highest BCUT2D eigenvalue weighted by atomic mass is 16.5. The van der Waals surface area contributed by atoms with Crippen LogP contribution in [0, 0.1) is 5.92 Å². The number of amides is 2. The average Bonchev–Trinajstić information content (AvgIpc) is 3.15. The molecular weight excluding hydrogens is 438 g/mol. The van der Waals surface area contributed by atoms with Crippen molar-refractivity contribution in [1.82, 2.24) is 10.4 Å². The molecule has 1 saturated heterocycles. The van der Waals surface area contributed by atoms with Crippen molar-refractivity contribution in [3.8, 4) is 17.2 Å². The Morgan fingerprint density at radius 3 is 2.26 bits per heavy atom. The van der Waals surface area contributed by atoms with Crippen molar-refractivity contribution >= 4 is 11.8 Å². The van der Waals surface area contributed by atoms with E-state index in [2.05, 4.69) is 0 Å². The van der Waals surface area contributed by atoms with Crippen molar-refractivity contribution in [2.45, 2.75) is 44.9 Å². The van der Waals surface area contributed by atoms with E-state index in [4.69, 9.17) is 25.2 Å². The number of benzene rings is 2. The first-order chi connectivity index (χ1) is 16.2. The van der Waals surface area contributed by atoms with Crippen LogP contribution in [0.25, 0.3) is 0 Å². The fourth-order valence-corrected chi connectivity index (χ4v) is 4.19. The van der Waals surface area contributed by atoms with Crippen LogP contribution < -0.4 is 25.4 Å². The van der Waals surface area contributed by atoms with Crippen LogP contribution in [-0.2, 0) is 21.7 Å². The number of likely N-dealkylation sites (tertiary alicyclic amines) is 1. The molecule has 34 heavy (non-hydrogen) atoms. The van der Waals surface area contributed by atoms with E-state index >= 15 is 0 Å². The predicted octanol–water partition coefficient (Wildman–Crippen LogP) is 2.59. The molecule has 1 heterocycles. The fourth-order valence-electron chi connectivity index (χ4n) is 4.19. The summed E-state index contributed by atoms with van der Waals surface area (Å²) < 4.78 is 16.5. The number of rotatable bonds is 10. The zero-order valence-corrected chi connectivity index (χ0v) is 20.0. The molecular formula is C25H33N3O6. The Balaban J connectivity index is 1.71. The van der Waals surface area contributed by atoms with Crippen LogP contribution in [0.1, 0.15) is 37.8 Å². The van der Waals surface area contributed by atoms with Gasteiger partial charge >= 0.3 is 0 Å². The molecule has 9 heteroatoms. The third-order valence-electron chi connectivity index (χ3n) is 6.06. The second-order valence-corrected chi connectivity index (χ2v) is 8.88. The molecule has 9 nitrogen and oxygen atoms in total. The van der Waals surface area contributed by atoms with Gasteiger partial charge in [0.25, 0.3) is 5.91 Å². The number of nitrogens with one attached hydrogen (secondary N) is 1. The summed E-state index contributed by atoms with van der Waals surface area (Å²) >= 11 is 0. The van der Waals surface area contributed by atoms with Gasteiger partial charge in [0.2, 0.25) is 5.91 Å². The molecule has 4 N–H and O–H groups in total. The first-order valence-corrected chi connectivity index (χ1v) is 11.2. The van der Waals surface area contributed by atoms with Crippen molar-refractivity contribution in [2.75, 3.05) is 20.8 Å². The standard InChI is InChI=1S/C25H33N3O6/c1-16(2)11-22(23(29)27-31)28-10-9-25(26,24(28)30)18-5-7-19(8-6-18)34-15-17-12-20(32-3)14-21(13-17)33-4/h5-8,12-14,16,22,31H,9-11,15,26H2,1-4H3,(H,27,29). The van der Waals surface area contributed by atoms with E-state index in [9.17, 15) is 9.59 Å². The van der Waals surface area contributed by atoms with Crippen LogP contribution in [0.4, 0.5) is 0 Å². The minimum Gasteiger partial charge on any atom is -0.497 e. The maximum absolute atomic E-state index is 13.3. The van der Waals surface area contributed by atoms with Gasteiger partial charge in [0.1, 0.15) is 35.4 Å². The van der Waals surface area contributed by atoms with Gasteiger partial charge in [-0.1, -0.05) is 26.0 Å². The summed E-state index contributed by atoms with van der Waals surface area (Å²) in [6.45, 7) is 4.54. The SMILES string of the molecule is COc1cc(COc2ccc(C3(N)CCN(C(CC(C)C)C(=O)NO)C3=O)cc2)cc(OC)c1. The Hall–Kier alpha value is -3.30. The van der Waals surface area contributed by atoms with E-state index in [0.29, 0.717) is 48.8 Å². The number of hydrogen-bond acceptors (Lipinski definition) is 7. The number of nitrogens with two attached hydrogens (primary N) is 1. The Morgan fingerprint density at radius 1 is 1.12 bits per heavy atom. The van der Waals surface area contributed by atoms with Crippen molar-refractivity contribution in [3.05, 3.63) is 53.6 Å². The monoisotopic (exact) mass is 471 g/mol. The Bertz CT molecular complexity index is 988. The van der Waals surface area contributed by atoms with Gasteiger partial charge in [0, 0.05) is 12.6 Å². The molecule has 1 aliphatic rings. The largest absolute Gasteiger partial charge is 0.497 e. The molecule has 1 aliphatic heterocycles. The highest BCUT2D eigenvalue weighted by Crippen LogP contribution is 2.34. The lowest BCUT2D eigenvalue weighted by Crippen LogP contribution is -2.52. The maximum Gasteiger partial charge on any atom is 0.266 e. The van der Waals surface area contributed by atoms with E-state index in [0.717, 1.165) is 5.56 Å². The summed E-state index contributed by atoms with van der Waals surface area (Å²) in [5.41, 5.74) is 8.51. The minimum atomic E-state index is -1.25. The first kappa shape index (κ1) is 25.3. The molecule has 0 aliphatic carbocycles.